The molecule has 0 spiro atoms. The van der Waals surface area contributed by atoms with E-state index in [9.17, 15) is 19.5 Å². The molecule has 328 valence electrons. The van der Waals surface area contributed by atoms with Gasteiger partial charge in [-0.2, -0.15) is 0 Å². The van der Waals surface area contributed by atoms with Crippen LogP contribution in [0.2, 0.25) is 0 Å². The van der Waals surface area contributed by atoms with Gasteiger partial charge in [0.05, 0.1) is 79.2 Å². The van der Waals surface area contributed by atoms with Gasteiger partial charge in [0, 0.05) is 6.42 Å². The van der Waals surface area contributed by atoms with E-state index in [4.69, 9.17) is 10.5 Å². The average molecular weight is 814 g/mol. The third-order valence-electron chi connectivity index (χ3n) is 11.1. The number of quaternary nitrogens is 2. The zero-order chi connectivity index (χ0) is 41.9. The summed E-state index contributed by atoms with van der Waals surface area (Å²) in [7, 11) is -5.08. The smallest absolute Gasteiger partial charge is 0.167 e. The van der Waals surface area contributed by atoms with Crippen molar-refractivity contribution >= 4 is 24.8 Å². The number of aliphatic hydroxyl groups is 1. The number of ether oxygens (including phenoxy) is 1. The molecule has 0 saturated carbocycles. The third kappa shape index (κ3) is 19.8. The van der Waals surface area contributed by atoms with Gasteiger partial charge in [-0.05, 0) is 51.4 Å². The fraction of sp³-hybridized carbons (Fsp3) is 0.881. The molecule has 3 atom stereocenters. The minimum absolute atomic E-state index is 0.102. The topological polar surface area (TPSA) is 172 Å². The van der Waals surface area contributed by atoms with Gasteiger partial charge in [-0.25, -0.2) is 15.0 Å². The lowest BCUT2D eigenvalue weighted by Crippen LogP contribution is -2.50. The van der Waals surface area contributed by atoms with Crippen LogP contribution in [-0.2, 0) is 13.8 Å². The number of phosphoric acid groups is 1. The Balaban J connectivity index is 0.000000427. The molecule has 13 nitrogen and oxygen atoms in total. The predicted octanol–water partition coefficient (Wildman–Crippen LogP) is 7.91. The van der Waals surface area contributed by atoms with E-state index in [0.29, 0.717) is 11.2 Å². The zero-order valence-electron chi connectivity index (χ0n) is 37.0. The minimum atomic E-state index is -5.08. The number of imidazole rings is 1. The first-order valence-electron chi connectivity index (χ1n) is 22.5. The molecule has 1 aliphatic heterocycles. The molecule has 1 aliphatic rings. The number of nitrogens with two attached hydrogens (primary N) is 1. The largest absolute Gasteiger partial charge is 0.790 e. The molecule has 3 heterocycles. The van der Waals surface area contributed by atoms with Crippen LogP contribution in [0.5, 0.6) is 0 Å². The number of nitrogen functional groups attached to an aromatic ring is 1. The first kappa shape index (κ1) is 52.3. The molecule has 1 saturated heterocycles. The van der Waals surface area contributed by atoms with Crippen LogP contribution in [0.4, 0.5) is 5.82 Å². The van der Waals surface area contributed by atoms with Crippen LogP contribution in [0, 0.1) is 0 Å². The van der Waals surface area contributed by atoms with Crippen molar-refractivity contribution in [1.29, 1.82) is 0 Å². The maximum atomic E-state index is 10.5. The normalized spacial score (nSPS) is 17.4. The van der Waals surface area contributed by atoms with Crippen molar-refractivity contribution in [3.8, 4) is 0 Å². The number of fused-ring (bicyclic) bond motifs is 1. The molecule has 0 radical (unpaired) electrons. The second-order valence-electron chi connectivity index (χ2n) is 16.1. The van der Waals surface area contributed by atoms with Gasteiger partial charge < -0.3 is 43.4 Å². The van der Waals surface area contributed by atoms with Gasteiger partial charge in [0.1, 0.15) is 17.9 Å². The second kappa shape index (κ2) is 29.5. The third-order valence-corrected chi connectivity index (χ3v) is 11.6. The van der Waals surface area contributed by atoms with Crippen LogP contribution in [0.1, 0.15) is 171 Å². The summed E-state index contributed by atoms with van der Waals surface area (Å²) >= 11 is 0. The maximum Gasteiger partial charge on any atom is 0.167 e. The number of nitrogens with zero attached hydrogens (tertiary/aromatic N) is 6. The molecule has 2 aromatic heterocycles. The predicted molar refractivity (Wildman–Crippen MR) is 227 cm³/mol. The molecule has 0 bridgehead atoms. The van der Waals surface area contributed by atoms with Crippen LogP contribution in [-0.4, -0.2) is 105 Å². The van der Waals surface area contributed by atoms with Crippen molar-refractivity contribution in [3.05, 3.63) is 12.7 Å². The van der Waals surface area contributed by atoms with Crippen LogP contribution >= 0.6 is 7.82 Å². The van der Waals surface area contributed by atoms with Crippen LogP contribution < -0.4 is 15.5 Å². The van der Waals surface area contributed by atoms with E-state index in [1.807, 2.05) is 0 Å². The molecular formula is C42H84N7O6P. The number of aromatic nitrogens is 4. The van der Waals surface area contributed by atoms with E-state index < -0.39 is 32.9 Å². The highest BCUT2D eigenvalue weighted by molar-refractivity contribution is 7.43. The monoisotopic (exact) mass is 814 g/mol. The van der Waals surface area contributed by atoms with Gasteiger partial charge in [0.15, 0.2) is 17.7 Å². The van der Waals surface area contributed by atoms with E-state index >= 15 is 0 Å². The van der Waals surface area contributed by atoms with E-state index in [2.05, 4.69) is 74.9 Å². The van der Waals surface area contributed by atoms with Gasteiger partial charge >= 0.3 is 0 Å². The van der Waals surface area contributed by atoms with Crippen molar-refractivity contribution in [2.75, 3.05) is 64.7 Å². The van der Waals surface area contributed by atoms with Crippen molar-refractivity contribution in [1.82, 2.24) is 19.5 Å². The molecule has 0 amide bonds. The quantitative estimate of drug-likeness (QED) is 0.0636. The second-order valence-corrected chi connectivity index (χ2v) is 17.2. The highest BCUT2D eigenvalue weighted by atomic mass is 31.2. The summed E-state index contributed by atoms with van der Waals surface area (Å²) in [5, 5.41) is 10.1. The Hall–Kier alpha value is -1.70. The number of aliphatic hydroxyl groups excluding tert-OH is 1. The van der Waals surface area contributed by atoms with Gasteiger partial charge in [-0.1, -0.05) is 107 Å². The van der Waals surface area contributed by atoms with Crippen molar-refractivity contribution in [2.45, 2.75) is 183 Å². The number of rotatable bonds is 28. The van der Waals surface area contributed by atoms with Crippen molar-refractivity contribution in [3.63, 3.8) is 0 Å². The Bertz CT molecular complexity index is 1200. The lowest BCUT2D eigenvalue weighted by molar-refractivity contribution is -0.929. The van der Waals surface area contributed by atoms with E-state index in [1.54, 1.807) is 0 Å². The molecular weight excluding hydrogens is 729 g/mol. The molecule has 3 rings (SSSR count). The van der Waals surface area contributed by atoms with Gasteiger partial charge in [-0.15, -0.1) is 0 Å². The summed E-state index contributed by atoms with van der Waals surface area (Å²) in [5.41, 5.74) is 6.41. The van der Waals surface area contributed by atoms with Crippen LogP contribution in [0.25, 0.3) is 11.2 Å². The number of unbranched alkanes of at least 4 members (excludes halogenated alkanes) is 8. The van der Waals surface area contributed by atoms with Crippen molar-refractivity contribution in [2.24, 2.45) is 0 Å². The number of hydrogen-bond acceptors (Lipinski definition) is 10. The molecule has 14 heteroatoms. The van der Waals surface area contributed by atoms with E-state index in [1.165, 1.54) is 181 Å². The van der Waals surface area contributed by atoms with Crippen LogP contribution in [0.15, 0.2) is 12.7 Å². The first-order valence-corrected chi connectivity index (χ1v) is 23.9. The SMILES string of the molecule is CCCC[N+](CCCC)(CCCC)CCCC.CCCC[N+](CCCC)(CCCC)CCCC.Nc1ncnc2c1ncn2[C@@H]1O[C@H](COP(=O)([O-])[O-])C[C@@H]1O. The lowest BCUT2D eigenvalue weighted by Gasteiger charge is -2.39. The summed E-state index contributed by atoms with van der Waals surface area (Å²) in [5.74, 6) is 0.190. The highest BCUT2D eigenvalue weighted by Crippen LogP contribution is 2.34. The van der Waals surface area contributed by atoms with E-state index in [-0.39, 0.29) is 12.2 Å². The lowest BCUT2D eigenvalue weighted by atomic mass is 10.1. The maximum absolute atomic E-state index is 10.5. The summed E-state index contributed by atoms with van der Waals surface area (Å²) in [6, 6.07) is 0. The zero-order valence-corrected chi connectivity index (χ0v) is 37.9. The Morgan fingerprint density at radius 1 is 0.714 bits per heavy atom. The van der Waals surface area contributed by atoms with Gasteiger partial charge in [-0.3, -0.25) is 4.57 Å². The van der Waals surface area contributed by atoms with E-state index in [0.717, 1.165) is 0 Å². The Kier molecular flexibility index (Phi) is 27.6. The summed E-state index contributed by atoms with van der Waals surface area (Å²) in [4.78, 5) is 32.8. The fourth-order valence-corrected chi connectivity index (χ4v) is 7.96. The average Bonchev–Trinajstić information content (AvgIpc) is 3.79. The number of phosphoric ester groups is 1. The van der Waals surface area contributed by atoms with Gasteiger partial charge in [0.25, 0.3) is 0 Å². The number of hydrogen-bond donors (Lipinski definition) is 2. The summed E-state index contributed by atoms with van der Waals surface area (Å²) in [6.07, 6.45) is 22.3. The van der Waals surface area contributed by atoms with Crippen molar-refractivity contribution < 1.29 is 37.7 Å². The van der Waals surface area contributed by atoms with Crippen LogP contribution in [0.3, 0.4) is 0 Å². The first-order chi connectivity index (χ1) is 26.8. The molecule has 56 heavy (non-hydrogen) atoms. The molecule has 0 unspecified atom stereocenters. The minimum Gasteiger partial charge on any atom is -0.790 e. The Morgan fingerprint density at radius 3 is 1.43 bits per heavy atom. The molecule has 0 aliphatic carbocycles. The molecule has 1 fully saturated rings. The fourth-order valence-electron chi connectivity index (χ4n) is 7.61. The Labute approximate surface area is 341 Å². The number of anilines is 1. The molecule has 0 aromatic carbocycles. The standard InChI is InChI=1S/2C16H36N.C10H14N5O6P/c2*1-5-9-13-17(14-10-6-2,15-11-7-3)16-12-8-4;11-8-7-9(13-3-12-8)15(4-14-7)10-6(16)1-5(21-10)2-20-22(17,18)19/h2*5-16H2,1-4H3;3-6,10,16H,1-2H2,(H2,11,12,13)(H2,17,18,19)/q2*+1;/p-2/t;;5-,6-,10+/m..0/s1. The summed E-state index contributed by atoms with van der Waals surface area (Å²) in [6.45, 7) is 29.6. The Morgan fingerprint density at radius 2 is 1.09 bits per heavy atom. The molecule has 2 aromatic rings. The van der Waals surface area contributed by atoms with Gasteiger partial charge in [0.2, 0.25) is 0 Å². The molecule has 3 N–H and O–H groups in total. The summed E-state index contributed by atoms with van der Waals surface area (Å²) < 4.78 is 24.5. The highest BCUT2D eigenvalue weighted by Gasteiger charge is 2.36.